The average molecular weight is 462 g/mol. The number of aryl methyl sites for hydroxylation is 1. The van der Waals surface area contributed by atoms with Gasteiger partial charge in [0.05, 0.1) is 40.3 Å². The third kappa shape index (κ3) is 2.88. The molecule has 2 aromatic carbocycles. The second-order valence-electron chi connectivity index (χ2n) is 8.29. The predicted octanol–water partition coefficient (Wildman–Crippen LogP) is 4.87. The van der Waals surface area contributed by atoms with E-state index in [0.717, 1.165) is 22.5 Å². The number of phenolic OH excluding ortho intramolecular Hbond substituents is 1. The quantitative estimate of drug-likeness (QED) is 0.400. The van der Waals surface area contributed by atoms with Crippen molar-refractivity contribution in [2.45, 2.75) is 12.8 Å². The molecule has 0 saturated heterocycles. The first-order valence-corrected chi connectivity index (χ1v) is 11.1. The van der Waals surface area contributed by atoms with Crippen LogP contribution in [-0.4, -0.2) is 34.5 Å². The largest absolute Gasteiger partial charge is 0.507 e. The molecule has 0 bridgehead atoms. The van der Waals surface area contributed by atoms with Gasteiger partial charge >= 0.3 is 0 Å². The van der Waals surface area contributed by atoms with Crippen LogP contribution in [0.1, 0.15) is 28.5 Å². The van der Waals surface area contributed by atoms with Crippen molar-refractivity contribution < 1.29 is 14.3 Å². The van der Waals surface area contributed by atoms with Gasteiger partial charge in [0.15, 0.2) is 11.5 Å². The number of rotatable bonds is 3. The smallest absolute Gasteiger partial charge is 0.230 e. The van der Waals surface area contributed by atoms with Crippen molar-refractivity contribution in [2.75, 3.05) is 0 Å². The summed E-state index contributed by atoms with van der Waals surface area (Å²) in [5.41, 5.74) is 4.37. The number of ether oxygens (including phenoxy) is 1. The fraction of sp³-hybridized carbons (Fsp3) is 0.0769. The summed E-state index contributed by atoms with van der Waals surface area (Å²) in [6.07, 6.45) is 3.21. The minimum atomic E-state index is -0.362. The molecule has 0 fully saturated rings. The highest BCUT2D eigenvalue weighted by atomic mass is 16.5. The molecule has 0 radical (unpaired) electrons. The minimum Gasteiger partial charge on any atom is -0.507 e. The molecular weight excluding hydrogens is 444 g/mol. The predicted molar refractivity (Wildman–Crippen MR) is 126 cm³/mol. The van der Waals surface area contributed by atoms with Crippen LogP contribution in [0.3, 0.4) is 0 Å². The molecule has 0 unspecified atom stereocenters. The van der Waals surface area contributed by atoms with Crippen LogP contribution < -0.4 is 4.74 Å². The lowest BCUT2D eigenvalue weighted by Crippen LogP contribution is -2.15. The first kappa shape index (κ1) is 19.5. The Labute approximate surface area is 198 Å². The number of furan rings is 1. The van der Waals surface area contributed by atoms with Crippen LogP contribution in [0.5, 0.6) is 17.5 Å². The molecular formula is C26H18N6O3. The van der Waals surface area contributed by atoms with Crippen LogP contribution in [0.15, 0.2) is 83.7 Å². The molecule has 9 heteroatoms. The molecule has 5 heterocycles. The molecule has 1 atom stereocenters. The Morgan fingerprint density at radius 1 is 0.914 bits per heavy atom. The Hall–Kier alpha value is -4.92. The number of aromatic nitrogens is 6. The molecule has 7 rings (SSSR count). The maximum Gasteiger partial charge on any atom is 0.230 e. The van der Waals surface area contributed by atoms with Crippen LogP contribution >= 0.6 is 0 Å². The van der Waals surface area contributed by atoms with Gasteiger partial charge in [0.2, 0.25) is 11.8 Å². The minimum absolute atomic E-state index is 0.103. The Kier molecular flexibility index (Phi) is 4.07. The summed E-state index contributed by atoms with van der Waals surface area (Å²) in [6.45, 7) is 1.95. The molecule has 0 aliphatic carbocycles. The molecule has 4 aromatic heterocycles. The normalized spacial score (nSPS) is 14.5. The van der Waals surface area contributed by atoms with Gasteiger partial charge < -0.3 is 14.3 Å². The maximum atomic E-state index is 10.4. The SMILES string of the molecule is Cc1nn(-c2ccccc2)c2c1[C@@H](c1ccco1)c1c(ncn3nc(-c4ccccc4O)nc13)O2. The maximum absolute atomic E-state index is 10.4. The number of fused-ring (bicyclic) bond motifs is 4. The Morgan fingerprint density at radius 3 is 2.54 bits per heavy atom. The highest BCUT2D eigenvalue weighted by Crippen LogP contribution is 2.49. The Balaban J connectivity index is 1.49. The van der Waals surface area contributed by atoms with Gasteiger partial charge in [0.25, 0.3) is 0 Å². The van der Waals surface area contributed by atoms with Crippen LogP contribution in [0.2, 0.25) is 0 Å². The highest BCUT2D eigenvalue weighted by Gasteiger charge is 2.39. The molecule has 1 N–H and O–H groups in total. The molecule has 0 spiro atoms. The van der Waals surface area contributed by atoms with Gasteiger partial charge in [-0.25, -0.2) is 19.2 Å². The lowest BCUT2D eigenvalue weighted by Gasteiger charge is -2.24. The van der Waals surface area contributed by atoms with E-state index in [4.69, 9.17) is 19.2 Å². The number of hydrogen-bond donors (Lipinski definition) is 1. The van der Waals surface area contributed by atoms with Gasteiger partial charge in [-0.2, -0.15) is 5.10 Å². The number of para-hydroxylation sites is 2. The zero-order valence-corrected chi connectivity index (χ0v) is 18.5. The topological polar surface area (TPSA) is 104 Å². The monoisotopic (exact) mass is 462 g/mol. The number of benzene rings is 2. The van der Waals surface area contributed by atoms with Gasteiger partial charge in [-0.1, -0.05) is 30.3 Å². The van der Waals surface area contributed by atoms with E-state index in [1.807, 2.05) is 55.5 Å². The molecule has 0 amide bonds. The van der Waals surface area contributed by atoms with E-state index in [2.05, 4.69) is 10.1 Å². The van der Waals surface area contributed by atoms with E-state index in [-0.39, 0.29) is 11.7 Å². The fourth-order valence-electron chi connectivity index (χ4n) is 4.64. The van der Waals surface area contributed by atoms with Gasteiger partial charge in [-0.15, -0.1) is 5.10 Å². The summed E-state index contributed by atoms with van der Waals surface area (Å²) in [5, 5.41) is 19.7. The van der Waals surface area contributed by atoms with Gasteiger partial charge in [0.1, 0.15) is 17.8 Å². The summed E-state index contributed by atoms with van der Waals surface area (Å²) < 4.78 is 15.7. The van der Waals surface area contributed by atoms with Gasteiger partial charge in [0, 0.05) is 0 Å². The van der Waals surface area contributed by atoms with E-state index in [0.29, 0.717) is 34.6 Å². The summed E-state index contributed by atoms with van der Waals surface area (Å²) in [6, 6.07) is 20.6. The van der Waals surface area contributed by atoms with Crippen molar-refractivity contribution in [3.8, 4) is 34.6 Å². The second-order valence-corrected chi connectivity index (χ2v) is 8.29. The Bertz CT molecular complexity index is 1700. The van der Waals surface area contributed by atoms with Crippen LogP contribution in [-0.2, 0) is 0 Å². The number of hydrogen-bond acceptors (Lipinski definition) is 7. The second kappa shape index (κ2) is 7.29. The lowest BCUT2D eigenvalue weighted by atomic mass is 9.88. The zero-order valence-electron chi connectivity index (χ0n) is 18.5. The van der Waals surface area contributed by atoms with Crippen LogP contribution in [0.25, 0.3) is 22.7 Å². The molecule has 9 nitrogen and oxygen atoms in total. The first-order chi connectivity index (χ1) is 17.2. The Morgan fingerprint density at radius 2 is 1.74 bits per heavy atom. The number of aromatic hydroxyl groups is 1. The molecule has 1 aliphatic rings. The van der Waals surface area contributed by atoms with E-state index >= 15 is 0 Å². The van der Waals surface area contributed by atoms with Gasteiger partial charge in [-0.3, -0.25) is 0 Å². The first-order valence-electron chi connectivity index (χ1n) is 11.1. The van der Waals surface area contributed by atoms with Crippen molar-refractivity contribution in [1.29, 1.82) is 0 Å². The van der Waals surface area contributed by atoms with E-state index < -0.39 is 0 Å². The van der Waals surface area contributed by atoms with Crippen LogP contribution in [0, 0.1) is 6.92 Å². The van der Waals surface area contributed by atoms with E-state index in [9.17, 15) is 5.11 Å². The van der Waals surface area contributed by atoms with Gasteiger partial charge in [-0.05, 0) is 43.3 Å². The van der Waals surface area contributed by atoms with Crippen LogP contribution in [0.4, 0.5) is 0 Å². The average Bonchev–Trinajstić information content (AvgIpc) is 3.63. The van der Waals surface area contributed by atoms with Crippen molar-refractivity contribution in [2.24, 2.45) is 0 Å². The number of nitrogens with zero attached hydrogens (tertiary/aromatic N) is 6. The molecule has 35 heavy (non-hydrogen) atoms. The highest BCUT2D eigenvalue weighted by molar-refractivity contribution is 5.70. The fourth-order valence-corrected chi connectivity index (χ4v) is 4.64. The number of phenols is 1. The summed E-state index contributed by atoms with van der Waals surface area (Å²) >= 11 is 0. The standard InChI is InChI=1S/C26H18N6O3/c1-15-20-21(19-12-7-13-34-19)22-24-28-23(17-10-5-6-11-18(17)33)30-31(24)14-27-25(22)35-26(20)32(29-15)16-8-3-2-4-9-16/h2-14,21,33H,1H3/t21-/m1/s1. The summed E-state index contributed by atoms with van der Waals surface area (Å²) in [7, 11) is 0. The van der Waals surface area contributed by atoms with E-state index in [1.165, 1.54) is 0 Å². The molecule has 6 aromatic rings. The zero-order chi connectivity index (χ0) is 23.5. The summed E-state index contributed by atoms with van der Waals surface area (Å²) in [5.74, 6) is 1.83. The lowest BCUT2D eigenvalue weighted by molar-refractivity contribution is 0.392. The summed E-state index contributed by atoms with van der Waals surface area (Å²) in [4.78, 5) is 9.36. The molecule has 0 saturated carbocycles. The molecule has 170 valence electrons. The third-order valence-electron chi connectivity index (χ3n) is 6.19. The van der Waals surface area contributed by atoms with Crippen molar-refractivity contribution >= 4 is 5.65 Å². The molecule has 1 aliphatic heterocycles. The van der Waals surface area contributed by atoms with E-state index in [1.54, 1.807) is 40.0 Å². The van der Waals surface area contributed by atoms with Crippen molar-refractivity contribution in [3.63, 3.8) is 0 Å². The van der Waals surface area contributed by atoms with Crippen molar-refractivity contribution in [1.82, 2.24) is 29.4 Å². The third-order valence-corrected chi connectivity index (χ3v) is 6.19. The van der Waals surface area contributed by atoms with Crippen molar-refractivity contribution in [3.05, 3.63) is 102 Å².